The Kier molecular flexibility index (Phi) is 6.34. The van der Waals surface area contributed by atoms with Crippen LogP contribution in [0.25, 0.3) is 11.0 Å². The number of nitrogens with zero attached hydrogens (tertiary/aromatic N) is 4. The number of hydrogen-bond acceptors (Lipinski definition) is 5. The molecule has 3 N–H and O–H groups in total. The zero-order valence-corrected chi connectivity index (χ0v) is 18.8. The Balaban J connectivity index is 1.80. The van der Waals surface area contributed by atoms with Gasteiger partial charge in [0.1, 0.15) is 0 Å². The number of imidazole rings is 1. The number of rotatable bonds is 4. The number of aromatic nitrogens is 2. The number of nitrogens with one attached hydrogen (secondary N) is 1. The van der Waals surface area contributed by atoms with Crippen LogP contribution in [0.3, 0.4) is 0 Å². The summed E-state index contributed by atoms with van der Waals surface area (Å²) in [6, 6.07) is 5.31. The van der Waals surface area contributed by atoms with E-state index in [0.29, 0.717) is 47.2 Å². The van der Waals surface area contributed by atoms with Crippen molar-refractivity contribution in [1.82, 2.24) is 19.8 Å². The predicted octanol–water partition coefficient (Wildman–Crippen LogP) is 3.07. The van der Waals surface area contributed by atoms with Gasteiger partial charge in [-0.2, -0.15) is 0 Å². The minimum atomic E-state index is -0.355. The summed E-state index contributed by atoms with van der Waals surface area (Å²) >= 11 is 6.58. The van der Waals surface area contributed by atoms with E-state index in [-0.39, 0.29) is 17.9 Å². The molecule has 0 aliphatic carbocycles. The van der Waals surface area contributed by atoms with Gasteiger partial charge in [-0.05, 0) is 50.5 Å². The van der Waals surface area contributed by atoms with Gasteiger partial charge in [0.05, 0.1) is 22.1 Å². The van der Waals surface area contributed by atoms with E-state index in [1.165, 1.54) is 6.08 Å². The average Bonchev–Trinajstić information content (AvgIpc) is 3.02. The Labute approximate surface area is 192 Å². The van der Waals surface area contributed by atoms with Gasteiger partial charge < -0.3 is 14.8 Å². The molecule has 1 aromatic carbocycles. The smallest absolute Gasteiger partial charge is 0.274 e. The molecule has 0 unspecified atom stereocenters. The molecule has 1 aromatic heterocycles. The maximum atomic E-state index is 13.2. The number of likely N-dealkylation sites (tertiary alicyclic amines) is 1. The van der Waals surface area contributed by atoms with Crippen LogP contribution in [-0.2, 0) is 9.59 Å². The number of amides is 2. The number of allylic oxidation sites excluding steroid dienone is 1. The van der Waals surface area contributed by atoms with Gasteiger partial charge in [-0.1, -0.05) is 30.3 Å². The summed E-state index contributed by atoms with van der Waals surface area (Å²) in [4.78, 5) is 32.1. The van der Waals surface area contributed by atoms with Gasteiger partial charge in [0, 0.05) is 30.9 Å². The van der Waals surface area contributed by atoms with E-state index >= 15 is 0 Å². The van der Waals surface area contributed by atoms with Gasteiger partial charge in [0.2, 0.25) is 11.9 Å². The SMILES string of the molecule is C=CC(=O)N1CCCC[C@@H](n2c(N(N)C(=O)C3=CCNC(C)=C3)nc3cccc(Cl)c32)C1. The highest BCUT2D eigenvalue weighted by atomic mass is 35.5. The maximum absolute atomic E-state index is 13.2. The second-order valence-electron chi connectivity index (χ2n) is 8.07. The molecular weight excluding hydrogens is 428 g/mol. The zero-order valence-electron chi connectivity index (χ0n) is 18.1. The van der Waals surface area contributed by atoms with Gasteiger partial charge in [0.15, 0.2) is 0 Å². The normalized spacial score (nSPS) is 19.0. The molecule has 168 valence electrons. The lowest BCUT2D eigenvalue weighted by molar-refractivity contribution is -0.126. The minimum absolute atomic E-state index is 0.116. The van der Waals surface area contributed by atoms with E-state index in [2.05, 4.69) is 16.9 Å². The fraction of sp³-hybridized carbons (Fsp3) is 0.348. The van der Waals surface area contributed by atoms with Crippen molar-refractivity contribution in [2.24, 2.45) is 5.84 Å². The number of halogens is 1. The molecule has 2 aliphatic rings. The number of dihydropyridines is 1. The first-order valence-corrected chi connectivity index (χ1v) is 11.1. The van der Waals surface area contributed by atoms with Crippen LogP contribution in [0.15, 0.2) is 54.3 Å². The number of fused-ring (bicyclic) bond motifs is 1. The topological polar surface area (TPSA) is 96.5 Å². The molecule has 0 bridgehead atoms. The van der Waals surface area contributed by atoms with Crippen molar-refractivity contribution in [3.05, 3.63) is 59.3 Å². The molecule has 1 fully saturated rings. The molecule has 8 nitrogen and oxygen atoms in total. The van der Waals surface area contributed by atoms with Gasteiger partial charge in [-0.25, -0.2) is 15.8 Å². The molecule has 3 heterocycles. The lowest BCUT2D eigenvalue weighted by atomic mass is 10.1. The average molecular weight is 455 g/mol. The summed E-state index contributed by atoms with van der Waals surface area (Å²) in [7, 11) is 0. The van der Waals surface area contributed by atoms with E-state index in [1.54, 1.807) is 23.1 Å². The molecule has 1 saturated heterocycles. The molecule has 1 atom stereocenters. The summed E-state index contributed by atoms with van der Waals surface area (Å²) < 4.78 is 1.92. The van der Waals surface area contributed by atoms with Gasteiger partial charge in [-0.15, -0.1) is 0 Å². The number of hydrogen-bond donors (Lipinski definition) is 2. The zero-order chi connectivity index (χ0) is 22.8. The van der Waals surface area contributed by atoms with Crippen LogP contribution >= 0.6 is 11.6 Å². The van der Waals surface area contributed by atoms with Crippen molar-refractivity contribution in [2.75, 3.05) is 24.6 Å². The summed E-state index contributed by atoms with van der Waals surface area (Å²) in [6.07, 6.45) is 7.51. The summed E-state index contributed by atoms with van der Waals surface area (Å²) in [5.74, 6) is 6.20. The van der Waals surface area contributed by atoms with E-state index in [1.807, 2.05) is 23.6 Å². The van der Waals surface area contributed by atoms with Crippen molar-refractivity contribution in [3.8, 4) is 0 Å². The highest BCUT2D eigenvalue weighted by molar-refractivity contribution is 6.35. The van der Waals surface area contributed by atoms with Crippen LogP contribution in [0, 0.1) is 0 Å². The second-order valence-corrected chi connectivity index (χ2v) is 8.48. The first-order chi connectivity index (χ1) is 15.4. The molecular formula is C23H27ClN6O2. The molecule has 32 heavy (non-hydrogen) atoms. The van der Waals surface area contributed by atoms with E-state index in [0.717, 1.165) is 30.0 Å². The largest absolute Gasteiger partial charge is 0.385 e. The third-order valence-electron chi connectivity index (χ3n) is 5.90. The number of hydrazine groups is 1. The maximum Gasteiger partial charge on any atom is 0.274 e. The number of anilines is 1. The number of benzene rings is 1. The highest BCUT2D eigenvalue weighted by Crippen LogP contribution is 2.35. The van der Waals surface area contributed by atoms with Crippen molar-refractivity contribution in [2.45, 2.75) is 32.2 Å². The third kappa shape index (κ3) is 4.16. The van der Waals surface area contributed by atoms with Crippen LogP contribution in [0.2, 0.25) is 5.02 Å². The van der Waals surface area contributed by atoms with Gasteiger partial charge in [0.25, 0.3) is 5.91 Å². The summed E-state index contributed by atoms with van der Waals surface area (Å²) in [5, 5.41) is 4.76. The molecule has 2 aromatic rings. The number of para-hydroxylation sites is 1. The van der Waals surface area contributed by atoms with E-state index < -0.39 is 0 Å². The lowest BCUT2D eigenvalue weighted by Crippen LogP contribution is -2.42. The highest BCUT2D eigenvalue weighted by Gasteiger charge is 2.30. The fourth-order valence-electron chi connectivity index (χ4n) is 4.31. The summed E-state index contributed by atoms with van der Waals surface area (Å²) in [6.45, 7) is 7.20. The fourth-order valence-corrected chi connectivity index (χ4v) is 4.57. The molecule has 9 heteroatoms. The van der Waals surface area contributed by atoms with Crippen molar-refractivity contribution in [1.29, 1.82) is 0 Å². The lowest BCUT2D eigenvalue weighted by Gasteiger charge is -2.28. The van der Waals surface area contributed by atoms with Crippen LogP contribution < -0.4 is 16.2 Å². The Bertz CT molecular complexity index is 1130. The van der Waals surface area contributed by atoms with E-state index in [9.17, 15) is 9.59 Å². The Morgan fingerprint density at radius 1 is 1.38 bits per heavy atom. The predicted molar refractivity (Wildman–Crippen MR) is 126 cm³/mol. The van der Waals surface area contributed by atoms with Crippen molar-refractivity contribution >= 4 is 40.4 Å². The Morgan fingerprint density at radius 2 is 2.19 bits per heavy atom. The Hall–Kier alpha value is -3.10. The van der Waals surface area contributed by atoms with Crippen LogP contribution in [-0.4, -0.2) is 45.9 Å². The standard InChI is InChI=1S/C23H27ClN6O2/c1-3-20(31)28-12-5-4-7-17(14-28)29-21-18(24)8-6-9-19(21)27-23(29)30(25)22(32)16-10-11-26-15(2)13-16/h3,6,8-10,13,17,26H,1,4-5,7,11-12,14,25H2,2H3/t17-/m1/s1. The minimum Gasteiger partial charge on any atom is -0.385 e. The summed E-state index contributed by atoms with van der Waals surface area (Å²) in [5.41, 5.74) is 2.74. The quantitative estimate of drug-likeness (QED) is 0.320. The molecule has 0 radical (unpaired) electrons. The number of carbonyl (C=O) groups is 2. The van der Waals surface area contributed by atoms with Gasteiger partial charge in [-0.3, -0.25) is 9.59 Å². The number of nitrogens with two attached hydrogens (primary N) is 1. The second kappa shape index (κ2) is 9.18. The Morgan fingerprint density at radius 3 is 2.94 bits per heavy atom. The van der Waals surface area contributed by atoms with Crippen molar-refractivity contribution in [3.63, 3.8) is 0 Å². The first kappa shape index (κ1) is 22.1. The van der Waals surface area contributed by atoms with Crippen molar-refractivity contribution < 1.29 is 9.59 Å². The van der Waals surface area contributed by atoms with Crippen LogP contribution in [0.4, 0.5) is 5.95 Å². The monoisotopic (exact) mass is 454 g/mol. The molecule has 2 amide bonds. The van der Waals surface area contributed by atoms with Crippen LogP contribution in [0.5, 0.6) is 0 Å². The first-order valence-electron chi connectivity index (χ1n) is 10.7. The molecule has 0 saturated carbocycles. The third-order valence-corrected chi connectivity index (χ3v) is 6.20. The van der Waals surface area contributed by atoms with Gasteiger partial charge >= 0.3 is 0 Å². The molecule has 4 rings (SSSR count). The van der Waals surface area contributed by atoms with E-state index in [4.69, 9.17) is 17.4 Å². The molecule has 0 spiro atoms. The van der Waals surface area contributed by atoms with Crippen LogP contribution in [0.1, 0.15) is 32.2 Å². The number of carbonyl (C=O) groups excluding carboxylic acids is 2. The molecule has 2 aliphatic heterocycles.